The Morgan fingerprint density at radius 3 is 2.81 bits per heavy atom. The Hall–Kier alpha value is -1.66. The highest BCUT2D eigenvalue weighted by Gasteiger charge is 2.06. The van der Waals surface area contributed by atoms with Gasteiger partial charge in [0.05, 0.1) is 10.2 Å². The smallest absolute Gasteiger partial charge is 0.150 e. The maximum Gasteiger partial charge on any atom is 0.150 e. The summed E-state index contributed by atoms with van der Waals surface area (Å²) >= 11 is 3.24. The monoisotopic (exact) mass is 322 g/mol. The molecule has 0 spiro atoms. The summed E-state index contributed by atoms with van der Waals surface area (Å²) in [4.78, 5) is 4.47. The van der Waals surface area contributed by atoms with Gasteiger partial charge < -0.3 is 5.32 Å². The second kappa shape index (κ2) is 5.99. The number of aromatic nitrogens is 1. The van der Waals surface area contributed by atoms with E-state index in [0.29, 0.717) is 12.1 Å². The zero-order valence-corrected chi connectivity index (χ0v) is 12.8. The van der Waals surface area contributed by atoms with E-state index in [-0.39, 0.29) is 0 Å². The molecule has 0 bridgehead atoms. The molecule has 1 N–H and O–H groups in total. The number of fused-ring (bicyclic) bond motifs is 1. The van der Waals surface area contributed by atoms with E-state index in [1.807, 2.05) is 24.5 Å². The Labute approximate surface area is 129 Å². The molecule has 0 aliphatic carbocycles. The van der Waals surface area contributed by atoms with Crippen LogP contribution in [0, 0.1) is 11.6 Å². The summed E-state index contributed by atoms with van der Waals surface area (Å²) in [6.45, 7) is 0.311. The molecule has 21 heavy (non-hydrogen) atoms. The molecule has 0 saturated heterocycles. The van der Waals surface area contributed by atoms with Gasteiger partial charge >= 0.3 is 0 Å². The van der Waals surface area contributed by atoms with Gasteiger partial charge in [-0.1, -0.05) is 17.8 Å². The van der Waals surface area contributed by atoms with Gasteiger partial charge in [-0.05, 0) is 30.5 Å². The van der Waals surface area contributed by atoms with E-state index >= 15 is 0 Å². The van der Waals surface area contributed by atoms with Crippen molar-refractivity contribution in [1.29, 1.82) is 0 Å². The molecule has 0 aliphatic heterocycles. The number of nitrogens with one attached hydrogen (secondary N) is 1. The van der Waals surface area contributed by atoms with Crippen molar-refractivity contribution in [2.45, 2.75) is 10.9 Å². The molecule has 0 aliphatic rings. The van der Waals surface area contributed by atoms with Gasteiger partial charge in [-0.15, -0.1) is 11.3 Å². The van der Waals surface area contributed by atoms with Crippen molar-refractivity contribution >= 4 is 39.0 Å². The quantitative estimate of drug-likeness (QED) is 0.691. The lowest BCUT2D eigenvalue weighted by Crippen LogP contribution is -2.01. The summed E-state index contributed by atoms with van der Waals surface area (Å²) in [6.07, 6.45) is 1.99. The van der Waals surface area contributed by atoms with Crippen LogP contribution in [0.25, 0.3) is 10.2 Å². The summed E-state index contributed by atoms with van der Waals surface area (Å²) in [5.74, 6) is -1.10. The molecule has 0 saturated carbocycles. The SMILES string of the molecule is CSc1nc2ccc(NCc3ccc(F)cc3F)cc2s1. The van der Waals surface area contributed by atoms with Crippen LogP contribution in [-0.2, 0) is 6.54 Å². The molecule has 1 heterocycles. The topological polar surface area (TPSA) is 24.9 Å². The van der Waals surface area contributed by atoms with E-state index in [4.69, 9.17) is 0 Å². The Kier molecular flexibility index (Phi) is 4.07. The Bertz CT molecular complexity index is 786. The minimum Gasteiger partial charge on any atom is -0.381 e. The molecule has 108 valence electrons. The zero-order chi connectivity index (χ0) is 14.8. The molecule has 0 radical (unpaired) electrons. The van der Waals surface area contributed by atoms with Gasteiger partial charge in [-0.3, -0.25) is 0 Å². The van der Waals surface area contributed by atoms with E-state index in [1.165, 1.54) is 12.1 Å². The lowest BCUT2D eigenvalue weighted by atomic mass is 10.2. The first kappa shape index (κ1) is 14.3. The van der Waals surface area contributed by atoms with Crippen LogP contribution in [0.15, 0.2) is 40.7 Å². The average Bonchev–Trinajstić information content (AvgIpc) is 2.88. The van der Waals surface area contributed by atoms with Crippen molar-refractivity contribution in [3.8, 4) is 0 Å². The highest BCUT2D eigenvalue weighted by molar-refractivity contribution is 8.00. The predicted octanol–water partition coefficient (Wildman–Crippen LogP) is 4.91. The van der Waals surface area contributed by atoms with Crippen LogP contribution in [0.5, 0.6) is 0 Å². The van der Waals surface area contributed by atoms with Gasteiger partial charge in [-0.2, -0.15) is 0 Å². The van der Waals surface area contributed by atoms with Crippen LogP contribution >= 0.6 is 23.1 Å². The summed E-state index contributed by atoms with van der Waals surface area (Å²) in [6, 6.07) is 9.46. The number of benzene rings is 2. The second-order valence-corrected chi connectivity index (χ2v) is 6.54. The molecule has 0 fully saturated rings. The van der Waals surface area contributed by atoms with Crippen molar-refractivity contribution in [1.82, 2.24) is 4.98 Å². The first-order valence-corrected chi connectivity index (χ1v) is 8.32. The van der Waals surface area contributed by atoms with E-state index < -0.39 is 11.6 Å². The molecule has 6 heteroatoms. The Morgan fingerprint density at radius 1 is 1.19 bits per heavy atom. The van der Waals surface area contributed by atoms with Crippen molar-refractivity contribution < 1.29 is 8.78 Å². The normalized spacial score (nSPS) is 11.0. The number of hydrogen-bond donors (Lipinski definition) is 1. The average molecular weight is 322 g/mol. The first-order valence-electron chi connectivity index (χ1n) is 6.28. The highest BCUT2D eigenvalue weighted by Crippen LogP contribution is 2.30. The van der Waals surface area contributed by atoms with E-state index in [2.05, 4.69) is 10.3 Å². The third-order valence-electron chi connectivity index (χ3n) is 3.04. The number of thioether (sulfide) groups is 1. The lowest BCUT2D eigenvalue weighted by Gasteiger charge is -2.07. The number of nitrogens with zero attached hydrogens (tertiary/aromatic N) is 1. The van der Waals surface area contributed by atoms with Gasteiger partial charge in [0.1, 0.15) is 11.6 Å². The molecule has 3 aromatic rings. The van der Waals surface area contributed by atoms with Crippen LogP contribution in [0.1, 0.15) is 5.56 Å². The van der Waals surface area contributed by atoms with Crippen LogP contribution in [0.3, 0.4) is 0 Å². The largest absolute Gasteiger partial charge is 0.381 e. The fourth-order valence-corrected chi connectivity index (χ4v) is 3.49. The Balaban J connectivity index is 1.78. The molecule has 3 rings (SSSR count). The molecule has 2 aromatic carbocycles. The maximum atomic E-state index is 13.6. The van der Waals surface area contributed by atoms with Crippen LogP contribution in [0.2, 0.25) is 0 Å². The zero-order valence-electron chi connectivity index (χ0n) is 11.2. The third-order valence-corrected chi connectivity index (χ3v) is 5.04. The molecule has 0 amide bonds. The minimum absolute atomic E-state index is 0.311. The van der Waals surface area contributed by atoms with E-state index in [9.17, 15) is 8.78 Å². The second-order valence-electron chi connectivity index (χ2n) is 4.46. The van der Waals surface area contributed by atoms with Crippen LogP contribution < -0.4 is 5.32 Å². The van der Waals surface area contributed by atoms with Crippen molar-refractivity contribution in [2.24, 2.45) is 0 Å². The summed E-state index contributed by atoms with van der Waals surface area (Å²) in [5.41, 5.74) is 2.29. The van der Waals surface area contributed by atoms with E-state index in [1.54, 1.807) is 23.1 Å². The molecule has 0 unspecified atom stereocenters. The summed E-state index contributed by atoms with van der Waals surface area (Å²) < 4.78 is 28.5. The third kappa shape index (κ3) is 3.16. The van der Waals surface area contributed by atoms with Gasteiger partial charge in [0.15, 0.2) is 4.34 Å². The molecule has 0 atom stereocenters. The lowest BCUT2D eigenvalue weighted by molar-refractivity contribution is 0.574. The van der Waals surface area contributed by atoms with Crippen LogP contribution in [-0.4, -0.2) is 11.2 Å². The fraction of sp³-hybridized carbons (Fsp3) is 0.133. The molecule has 2 nitrogen and oxygen atoms in total. The number of thiazole rings is 1. The standard InChI is InChI=1S/C15H12F2N2S2/c1-20-15-19-13-5-4-11(7-14(13)21-15)18-8-9-2-3-10(16)6-12(9)17/h2-7,18H,8H2,1H3. The maximum absolute atomic E-state index is 13.6. The van der Waals surface area contributed by atoms with Crippen molar-refractivity contribution in [3.05, 3.63) is 53.6 Å². The Morgan fingerprint density at radius 2 is 2.05 bits per heavy atom. The predicted molar refractivity (Wildman–Crippen MR) is 85.1 cm³/mol. The van der Waals surface area contributed by atoms with Gasteiger partial charge in [-0.25, -0.2) is 13.8 Å². The minimum atomic E-state index is -0.563. The van der Waals surface area contributed by atoms with Gasteiger partial charge in [0, 0.05) is 23.9 Å². The molecular formula is C15H12F2N2S2. The van der Waals surface area contributed by atoms with Crippen molar-refractivity contribution in [3.63, 3.8) is 0 Å². The van der Waals surface area contributed by atoms with Crippen LogP contribution in [0.4, 0.5) is 14.5 Å². The molecular weight excluding hydrogens is 310 g/mol. The number of rotatable bonds is 4. The number of hydrogen-bond acceptors (Lipinski definition) is 4. The number of anilines is 1. The first-order chi connectivity index (χ1) is 10.2. The van der Waals surface area contributed by atoms with E-state index in [0.717, 1.165) is 26.3 Å². The molecule has 1 aromatic heterocycles. The summed E-state index contributed by atoms with van der Waals surface area (Å²) in [5, 5.41) is 3.15. The highest BCUT2D eigenvalue weighted by atomic mass is 32.2. The van der Waals surface area contributed by atoms with Gasteiger partial charge in [0.2, 0.25) is 0 Å². The van der Waals surface area contributed by atoms with Crippen molar-refractivity contribution in [2.75, 3.05) is 11.6 Å². The van der Waals surface area contributed by atoms with Gasteiger partial charge in [0.25, 0.3) is 0 Å². The summed E-state index contributed by atoms with van der Waals surface area (Å²) in [7, 11) is 0. The number of halogens is 2. The fourth-order valence-electron chi connectivity index (χ4n) is 1.96.